The van der Waals surface area contributed by atoms with Crippen molar-refractivity contribution in [1.29, 1.82) is 5.26 Å². The molecule has 1 saturated carbocycles. The van der Waals surface area contributed by atoms with Gasteiger partial charge in [0.15, 0.2) is 0 Å². The van der Waals surface area contributed by atoms with Gasteiger partial charge in [0.1, 0.15) is 0 Å². The van der Waals surface area contributed by atoms with Crippen molar-refractivity contribution >= 4 is 5.71 Å². The lowest BCUT2D eigenvalue weighted by atomic mass is 9.88. The molecule has 0 heterocycles. The maximum Gasteiger partial charge on any atom is 0.0841 e. The monoisotopic (exact) mass is 212 g/mol. The molecule has 0 saturated heterocycles. The molecule has 2 heteroatoms. The van der Waals surface area contributed by atoms with E-state index in [-0.39, 0.29) is 5.92 Å². The first-order chi connectivity index (χ1) is 7.90. The minimum absolute atomic E-state index is 0.0671. The highest BCUT2D eigenvalue weighted by Crippen LogP contribution is 2.21. The van der Waals surface area contributed by atoms with Gasteiger partial charge in [-0.25, -0.2) is 0 Å². The predicted octanol–water partition coefficient (Wildman–Crippen LogP) is 3.34. The van der Waals surface area contributed by atoms with Gasteiger partial charge in [0.25, 0.3) is 0 Å². The quantitative estimate of drug-likeness (QED) is 0.740. The molecule has 1 aromatic rings. The fraction of sp³-hybridized carbons (Fsp3) is 0.429. The standard InChI is InChI=1S/C14H16N2/c15-10-13-8-4-5-9-14(13)16-11-12-6-2-1-3-7-12/h1-3,6-7,13H,4-5,8-9,11H2. The SMILES string of the molecule is N#CC1CCCCC1=NCc1ccccc1. The topological polar surface area (TPSA) is 36.1 Å². The minimum Gasteiger partial charge on any atom is -0.288 e. The molecule has 0 amide bonds. The van der Waals surface area contributed by atoms with E-state index in [1.807, 2.05) is 18.2 Å². The Morgan fingerprint density at radius 2 is 2.06 bits per heavy atom. The second kappa shape index (κ2) is 5.46. The molecule has 0 spiro atoms. The Balaban J connectivity index is 2.03. The highest BCUT2D eigenvalue weighted by molar-refractivity contribution is 5.89. The van der Waals surface area contributed by atoms with E-state index < -0.39 is 0 Å². The number of nitrogens with zero attached hydrogens (tertiary/aromatic N) is 2. The third-order valence-corrected chi connectivity index (χ3v) is 3.04. The van der Waals surface area contributed by atoms with Gasteiger partial charge in [-0.3, -0.25) is 4.99 Å². The molecule has 16 heavy (non-hydrogen) atoms. The Hall–Kier alpha value is -1.62. The van der Waals surface area contributed by atoms with Crippen LogP contribution < -0.4 is 0 Å². The molecule has 1 aliphatic carbocycles. The summed E-state index contributed by atoms with van der Waals surface area (Å²) in [5.74, 6) is 0.0671. The number of hydrogen-bond acceptors (Lipinski definition) is 2. The van der Waals surface area contributed by atoms with E-state index in [0.717, 1.165) is 18.6 Å². The van der Waals surface area contributed by atoms with E-state index in [4.69, 9.17) is 5.26 Å². The molecular formula is C14H16N2. The number of aliphatic imine (C=N–C) groups is 1. The highest BCUT2D eigenvalue weighted by atomic mass is 14.7. The number of hydrogen-bond donors (Lipinski definition) is 0. The summed E-state index contributed by atoms with van der Waals surface area (Å²) in [6.45, 7) is 0.717. The largest absolute Gasteiger partial charge is 0.288 e. The van der Waals surface area contributed by atoms with Crippen LogP contribution in [0.4, 0.5) is 0 Å². The van der Waals surface area contributed by atoms with Crippen molar-refractivity contribution in [2.45, 2.75) is 32.2 Å². The summed E-state index contributed by atoms with van der Waals surface area (Å²) in [4.78, 5) is 4.60. The molecule has 0 aromatic heterocycles. The smallest absolute Gasteiger partial charge is 0.0841 e. The summed E-state index contributed by atoms with van der Waals surface area (Å²) < 4.78 is 0. The first kappa shape index (κ1) is 10.9. The van der Waals surface area contributed by atoms with Gasteiger partial charge in [-0.1, -0.05) is 36.8 Å². The summed E-state index contributed by atoms with van der Waals surface area (Å²) >= 11 is 0. The normalized spacial score (nSPS) is 22.9. The summed E-state index contributed by atoms with van der Waals surface area (Å²) in [5, 5.41) is 9.03. The Morgan fingerprint density at radius 3 is 2.81 bits per heavy atom. The van der Waals surface area contributed by atoms with Crippen LogP contribution in [-0.2, 0) is 6.54 Å². The molecule has 1 atom stereocenters. The van der Waals surface area contributed by atoms with Crippen molar-refractivity contribution in [3.63, 3.8) is 0 Å². The zero-order valence-electron chi connectivity index (χ0n) is 9.39. The minimum atomic E-state index is 0.0671. The third-order valence-electron chi connectivity index (χ3n) is 3.04. The van der Waals surface area contributed by atoms with Gasteiger partial charge in [0.2, 0.25) is 0 Å². The van der Waals surface area contributed by atoms with Crippen LogP contribution in [0.3, 0.4) is 0 Å². The average molecular weight is 212 g/mol. The van der Waals surface area contributed by atoms with Gasteiger partial charge in [-0.05, 0) is 24.8 Å². The summed E-state index contributed by atoms with van der Waals surface area (Å²) in [5.41, 5.74) is 2.33. The van der Waals surface area contributed by atoms with Gasteiger partial charge in [-0.2, -0.15) is 5.26 Å². The lowest BCUT2D eigenvalue weighted by Gasteiger charge is -2.18. The molecule has 1 aliphatic rings. The van der Waals surface area contributed by atoms with Crippen LogP contribution in [0.2, 0.25) is 0 Å². The van der Waals surface area contributed by atoms with Gasteiger partial charge in [-0.15, -0.1) is 0 Å². The van der Waals surface area contributed by atoms with Crippen LogP contribution in [0.5, 0.6) is 0 Å². The van der Waals surface area contributed by atoms with Crippen molar-refractivity contribution < 1.29 is 0 Å². The molecular weight excluding hydrogens is 196 g/mol. The Labute approximate surface area is 96.6 Å². The van der Waals surface area contributed by atoms with Crippen LogP contribution >= 0.6 is 0 Å². The summed E-state index contributed by atoms with van der Waals surface area (Å²) in [6.07, 6.45) is 4.35. The highest BCUT2D eigenvalue weighted by Gasteiger charge is 2.19. The third kappa shape index (κ3) is 2.70. The Morgan fingerprint density at radius 1 is 1.25 bits per heavy atom. The zero-order chi connectivity index (χ0) is 11.2. The average Bonchev–Trinajstić information content (AvgIpc) is 2.38. The van der Waals surface area contributed by atoms with Crippen molar-refractivity contribution in [2.24, 2.45) is 10.9 Å². The summed E-state index contributed by atoms with van der Waals surface area (Å²) in [7, 11) is 0. The zero-order valence-corrected chi connectivity index (χ0v) is 9.39. The van der Waals surface area contributed by atoms with Crippen LogP contribution in [0.1, 0.15) is 31.2 Å². The van der Waals surface area contributed by atoms with E-state index in [9.17, 15) is 0 Å². The Bertz CT molecular complexity index is 400. The fourth-order valence-corrected chi connectivity index (χ4v) is 2.10. The number of rotatable bonds is 2. The van der Waals surface area contributed by atoms with Gasteiger partial charge in [0.05, 0.1) is 18.5 Å². The molecule has 0 bridgehead atoms. The van der Waals surface area contributed by atoms with Crippen LogP contribution in [0, 0.1) is 17.2 Å². The second-order valence-corrected chi connectivity index (χ2v) is 4.22. The van der Waals surface area contributed by atoms with E-state index in [1.54, 1.807) is 0 Å². The van der Waals surface area contributed by atoms with E-state index in [0.29, 0.717) is 6.54 Å². The van der Waals surface area contributed by atoms with Crippen molar-refractivity contribution in [2.75, 3.05) is 0 Å². The maximum atomic E-state index is 9.03. The van der Waals surface area contributed by atoms with Crippen molar-refractivity contribution in [3.8, 4) is 6.07 Å². The first-order valence-electron chi connectivity index (χ1n) is 5.87. The van der Waals surface area contributed by atoms with Gasteiger partial charge >= 0.3 is 0 Å². The van der Waals surface area contributed by atoms with Gasteiger partial charge in [0, 0.05) is 5.71 Å². The second-order valence-electron chi connectivity index (χ2n) is 4.22. The molecule has 82 valence electrons. The molecule has 2 rings (SSSR count). The molecule has 0 N–H and O–H groups in total. The van der Waals surface area contributed by atoms with Crippen molar-refractivity contribution in [1.82, 2.24) is 0 Å². The molecule has 2 nitrogen and oxygen atoms in total. The lowest BCUT2D eigenvalue weighted by molar-refractivity contribution is 0.598. The van der Waals surface area contributed by atoms with E-state index >= 15 is 0 Å². The molecule has 1 aromatic carbocycles. The van der Waals surface area contributed by atoms with Gasteiger partial charge < -0.3 is 0 Å². The summed E-state index contributed by atoms with van der Waals surface area (Å²) in [6, 6.07) is 12.6. The molecule has 0 aliphatic heterocycles. The van der Waals surface area contributed by atoms with Crippen LogP contribution in [-0.4, -0.2) is 5.71 Å². The van der Waals surface area contributed by atoms with E-state index in [1.165, 1.54) is 18.4 Å². The van der Waals surface area contributed by atoms with Crippen molar-refractivity contribution in [3.05, 3.63) is 35.9 Å². The maximum absolute atomic E-state index is 9.03. The molecule has 1 fully saturated rings. The van der Waals surface area contributed by atoms with Crippen LogP contribution in [0.25, 0.3) is 0 Å². The molecule has 0 radical (unpaired) electrons. The number of benzene rings is 1. The molecule has 1 unspecified atom stereocenters. The lowest BCUT2D eigenvalue weighted by Crippen LogP contribution is -2.17. The van der Waals surface area contributed by atoms with Crippen LogP contribution in [0.15, 0.2) is 35.3 Å². The first-order valence-corrected chi connectivity index (χ1v) is 5.87. The Kier molecular flexibility index (Phi) is 3.71. The number of nitriles is 1. The van der Waals surface area contributed by atoms with E-state index in [2.05, 4.69) is 23.2 Å². The fourth-order valence-electron chi connectivity index (χ4n) is 2.10. The predicted molar refractivity (Wildman–Crippen MR) is 65.2 cm³/mol.